The van der Waals surface area contributed by atoms with Crippen LogP contribution >= 0.6 is 0 Å². The highest BCUT2D eigenvalue weighted by Crippen LogP contribution is 2.32. The first-order chi connectivity index (χ1) is 17.4. The number of esters is 1. The Morgan fingerprint density at radius 1 is 0.972 bits per heavy atom. The predicted molar refractivity (Wildman–Crippen MR) is 140 cm³/mol. The second kappa shape index (κ2) is 10.9. The summed E-state index contributed by atoms with van der Waals surface area (Å²) in [5.74, 6) is -0.673. The van der Waals surface area contributed by atoms with Crippen molar-refractivity contribution in [3.05, 3.63) is 95.1 Å². The fraction of sp³-hybridized carbons (Fsp3) is 0.179. The molecule has 0 atom stereocenters. The number of amides is 1. The van der Waals surface area contributed by atoms with Gasteiger partial charge in [-0.3, -0.25) is 4.79 Å². The number of carbonyl (C=O) groups is 2. The van der Waals surface area contributed by atoms with Crippen LogP contribution in [0.15, 0.2) is 77.8 Å². The van der Waals surface area contributed by atoms with Gasteiger partial charge in [-0.1, -0.05) is 36.4 Å². The van der Waals surface area contributed by atoms with E-state index in [9.17, 15) is 14.7 Å². The number of carbonyl (C=O) groups excluding carboxylic acids is 2. The molecule has 1 aromatic heterocycles. The quantitative estimate of drug-likeness (QED) is 0.258. The standard InChI is InChI=1S/C28H28N4O4/c1-32(2)16-15-29-26(33)19-9-12-21(13-10-19)30-25(18-7-5-4-6-8-18)24-22-14-11-20(28(35)36-3)17-23(22)31-27(24)34/h4-14,17,31,34H,15-16H2,1-3H3,(H,29,33). The van der Waals surface area contributed by atoms with E-state index in [1.54, 1.807) is 42.5 Å². The highest BCUT2D eigenvalue weighted by molar-refractivity contribution is 6.22. The fourth-order valence-electron chi connectivity index (χ4n) is 3.84. The average Bonchev–Trinajstić information content (AvgIpc) is 3.22. The minimum Gasteiger partial charge on any atom is -0.494 e. The van der Waals surface area contributed by atoms with Crippen LogP contribution in [0.3, 0.4) is 0 Å². The number of hydrogen-bond acceptors (Lipinski definition) is 6. The Kier molecular flexibility index (Phi) is 7.46. The summed E-state index contributed by atoms with van der Waals surface area (Å²) in [5.41, 5.74) is 3.98. The molecule has 8 heteroatoms. The van der Waals surface area contributed by atoms with E-state index in [1.165, 1.54) is 7.11 Å². The zero-order chi connectivity index (χ0) is 25.7. The zero-order valence-corrected chi connectivity index (χ0v) is 20.4. The van der Waals surface area contributed by atoms with Crippen LogP contribution in [0.25, 0.3) is 10.9 Å². The van der Waals surface area contributed by atoms with Crippen molar-refractivity contribution in [1.29, 1.82) is 0 Å². The lowest BCUT2D eigenvalue weighted by Gasteiger charge is -2.11. The van der Waals surface area contributed by atoms with Gasteiger partial charge in [0.15, 0.2) is 5.88 Å². The van der Waals surface area contributed by atoms with E-state index in [0.717, 1.165) is 12.1 Å². The summed E-state index contributed by atoms with van der Waals surface area (Å²) in [4.78, 5) is 34.2. The maximum Gasteiger partial charge on any atom is 0.337 e. The third-order valence-corrected chi connectivity index (χ3v) is 5.70. The molecule has 0 saturated carbocycles. The Balaban J connectivity index is 1.72. The van der Waals surface area contributed by atoms with Crippen molar-refractivity contribution in [3.8, 4) is 5.88 Å². The van der Waals surface area contributed by atoms with Gasteiger partial charge in [-0.15, -0.1) is 0 Å². The van der Waals surface area contributed by atoms with Gasteiger partial charge in [-0.25, -0.2) is 9.79 Å². The van der Waals surface area contributed by atoms with Crippen LogP contribution in [0.5, 0.6) is 5.88 Å². The number of nitrogens with zero attached hydrogens (tertiary/aromatic N) is 2. The van der Waals surface area contributed by atoms with E-state index in [0.29, 0.717) is 45.5 Å². The highest BCUT2D eigenvalue weighted by Gasteiger charge is 2.20. The lowest BCUT2D eigenvalue weighted by Crippen LogP contribution is -2.31. The molecule has 0 aliphatic rings. The third-order valence-electron chi connectivity index (χ3n) is 5.70. The van der Waals surface area contributed by atoms with E-state index in [2.05, 4.69) is 10.3 Å². The van der Waals surface area contributed by atoms with Crippen molar-refractivity contribution in [2.45, 2.75) is 0 Å². The first kappa shape index (κ1) is 24.7. The molecule has 1 amide bonds. The molecule has 0 saturated heterocycles. The first-order valence-electron chi connectivity index (χ1n) is 11.5. The number of benzene rings is 3. The van der Waals surface area contributed by atoms with Crippen LogP contribution in [0.1, 0.15) is 31.8 Å². The van der Waals surface area contributed by atoms with Crippen molar-refractivity contribution < 1.29 is 19.4 Å². The number of aromatic nitrogens is 1. The first-order valence-corrected chi connectivity index (χ1v) is 11.5. The number of rotatable bonds is 8. The minimum atomic E-state index is -0.463. The molecule has 0 fully saturated rings. The van der Waals surface area contributed by atoms with E-state index in [4.69, 9.17) is 9.73 Å². The maximum absolute atomic E-state index is 12.4. The number of methoxy groups -OCH3 is 1. The summed E-state index contributed by atoms with van der Waals surface area (Å²) < 4.78 is 4.81. The number of likely N-dealkylation sites (N-methyl/N-ethyl adjacent to an activating group) is 1. The lowest BCUT2D eigenvalue weighted by molar-refractivity contribution is 0.0600. The van der Waals surface area contributed by atoms with Gasteiger partial charge in [0.1, 0.15) is 0 Å². The number of aromatic amines is 1. The number of hydrogen-bond donors (Lipinski definition) is 3. The average molecular weight is 485 g/mol. The van der Waals surface area contributed by atoms with E-state index >= 15 is 0 Å². The van der Waals surface area contributed by atoms with Crippen LogP contribution in [0, 0.1) is 0 Å². The fourth-order valence-corrected chi connectivity index (χ4v) is 3.84. The molecule has 0 aliphatic carbocycles. The highest BCUT2D eigenvalue weighted by atomic mass is 16.5. The van der Waals surface area contributed by atoms with Crippen molar-refractivity contribution in [2.75, 3.05) is 34.3 Å². The molecule has 0 radical (unpaired) electrons. The Labute approximate surface area is 209 Å². The predicted octanol–water partition coefficient (Wildman–Crippen LogP) is 4.12. The summed E-state index contributed by atoms with van der Waals surface area (Å²) in [5, 5.41) is 14.5. The SMILES string of the molecule is COC(=O)c1ccc2c(C(=Nc3ccc(C(=O)NCCN(C)C)cc3)c3ccccc3)c(O)[nH]c2c1. The molecular formula is C28H28N4O4. The largest absolute Gasteiger partial charge is 0.494 e. The third kappa shape index (κ3) is 5.45. The van der Waals surface area contributed by atoms with Crippen molar-refractivity contribution in [3.63, 3.8) is 0 Å². The van der Waals surface area contributed by atoms with Crippen LogP contribution < -0.4 is 5.32 Å². The van der Waals surface area contributed by atoms with Crippen LogP contribution in [0.4, 0.5) is 5.69 Å². The van der Waals surface area contributed by atoms with Gasteiger partial charge in [0.05, 0.1) is 29.6 Å². The Morgan fingerprint density at radius 3 is 2.33 bits per heavy atom. The van der Waals surface area contributed by atoms with Gasteiger partial charge in [0.25, 0.3) is 5.91 Å². The molecule has 184 valence electrons. The van der Waals surface area contributed by atoms with Crippen LogP contribution in [-0.2, 0) is 4.74 Å². The summed E-state index contributed by atoms with van der Waals surface area (Å²) in [7, 11) is 5.22. The summed E-state index contributed by atoms with van der Waals surface area (Å²) >= 11 is 0. The van der Waals surface area contributed by atoms with Gasteiger partial charge in [-0.2, -0.15) is 0 Å². The summed E-state index contributed by atoms with van der Waals surface area (Å²) in [6, 6.07) is 21.5. The molecular weight excluding hydrogens is 456 g/mol. The van der Waals surface area contributed by atoms with Crippen LogP contribution in [-0.4, -0.2) is 66.9 Å². The van der Waals surface area contributed by atoms with Crippen LogP contribution in [0.2, 0.25) is 0 Å². The molecule has 0 unspecified atom stereocenters. The molecule has 0 bridgehead atoms. The molecule has 0 aliphatic heterocycles. The molecule has 36 heavy (non-hydrogen) atoms. The molecule has 8 nitrogen and oxygen atoms in total. The van der Waals surface area contributed by atoms with Gasteiger partial charge in [-0.05, 0) is 50.5 Å². The Morgan fingerprint density at radius 2 is 1.67 bits per heavy atom. The Hall–Kier alpha value is -4.43. The van der Waals surface area contributed by atoms with Gasteiger partial charge >= 0.3 is 5.97 Å². The number of nitrogens with one attached hydrogen (secondary N) is 2. The lowest BCUT2D eigenvalue weighted by atomic mass is 10.00. The molecule has 4 aromatic rings. The molecule has 0 spiro atoms. The van der Waals surface area contributed by atoms with Crippen molar-refractivity contribution in [2.24, 2.45) is 4.99 Å². The number of fused-ring (bicyclic) bond motifs is 1. The number of aliphatic imine (C=N–C) groups is 1. The summed E-state index contributed by atoms with van der Waals surface area (Å²) in [6.07, 6.45) is 0. The number of ether oxygens (including phenoxy) is 1. The minimum absolute atomic E-state index is 0.0634. The van der Waals surface area contributed by atoms with E-state index in [1.807, 2.05) is 49.3 Å². The van der Waals surface area contributed by atoms with Crippen molar-refractivity contribution >= 4 is 34.2 Å². The topological polar surface area (TPSA) is 107 Å². The van der Waals surface area contributed by atoms with Gasteiger partial charge < -0.3 is 25.0 Å². The maximum atomic E-state index is 12.4. The Bertz CT molecular complexity index is 1410. The zero-order valence-electron chi connectivity index (χ0n) is 20.4. The normalized spacial score (nSPS) is 11.6. The number of aromatic hydroxyl groups is 1. The monoisotopic (exact) mass is 484 g/mol. The smallest absolute Gasteiger partial charge is 0.337 e. The molecule has 1 heterocycles. The van der Waals surface area contributed by atoms with E-state index in [-0.39, 0.29) is 11.8 Å². The summed E-state index contributed by atoms with van der Waals surface area (Å²) in [6.45, 7) is 1.31. The van der Waals surface area contributed by atoms with Gasteiger partial charge in [0, 0.05) is 35.1 Å². The molecule has 4 rings (SSSR count). The molecule has 3 N–H and O–H groups in total. The second-order valence-electron chi connectivity index (χ2n) is 8.53. The van der Waals surface area contributed by atoms with Gasteiger partial charge in [0.2, 0.25) is 0 Å². The van der Waals surface area contributed by atoms with E-state index < -0.39 is 5.97 Å². The number of H-pyrrole nitrogens is 1. The molecule has 3 aromatic carbocycles. The van der Waals surface area contributed by atoms with Crippen molar-refractivity contribution in [1.82, 2.24) is 15.2 Å². The second-order valence-corrected chi connectivity index (χ2v) is 8.53.